The molecule has 68 valence electrons. The van der Waals surface area contributed by atoms with Gasteiger partial charge < -0.3 is 4.40 Å². The van der Waals surface area contributed by atoms with Crippen LogP contribution in [0.2, 0.25) is 0 Å². The van der Waals surface area contributed by atoms with Gasteiger partial charge in [-0.15, -0.1) is 0 Å². The fourth-order valence-corrected chi connectivity index (χ4v) is 1.68. The molecule has 0 saturated heterocycles. The molecule has 14 heavy (non-hydrogen) atoms. The summed E-state index contributed by atoms with van der Waals surface area (Å²) in [5, 5.41) is 0. The fourth-order valence-electron chi connectivity index (χ4n) is 1.68. The Morgan fingerprint density at radius 3 is 3.00 bits per heavy atom. The molecule has 3 aromatic rings. The van der Waals surface area contributed by atoms with Crippen molar-refractivity contribution in [2.24, 2.45) is 0 Å². The number of halogens is 1. The van der Waals surface area contributed by atoms with Crippen LogP contribution in [0.15, 0.2) is 42.7 Å². The average Bonchev–Trinajstić information content (AvgIpc) is 2.66. The molecule has 0 N–H and O–H groups in total. The molecular weight excluding hydrogens is 179 g/mol. The molecule has 2 aromatic heterocycles. The SMILES string of the molecule is Fc1cccc2c1ncc1cccn12. The highest BCUT2D eigenvalue weighted by molar-refractivity contribution is 5.78. The Hall–Kier alpha value is -1.90. The van der Waals surface area contributed by atoms with Crippen molar-refractivity contribution >= 4 is 16.6 Å². The third-order valence-corrected chi connectivity index (χ3v) is 2.33. The number of fused-ring (bicyclic) bond motifs is 3. The summed E-state index contributed by atoms with van der Waals surface area (Å²) in [5.74, 6) is -0.280. The van der Waals surface area contributed by atoms with Gasteiger partial charge in [0.2, 0.25) is 0 Å². The summed E-state index contributed by atoms with van der Waals surface area (Å²) in [5.41, 5.74) is 2.19. The summed E-state index contributed by atoms with van der Waals surface area (Å²) in [6.45, 7) is 0. The lowest BCUT2D eigenvalue weighted by Crippen LogP contribution is -1.91. The largest absolute Gasteiger partial charge is 0.313 e. The van der Waals surface area contributed by atoms with Gasteiger partial charge >= 0.3 is 0 Å². The van der Waals surface area contributed by atoms with Gasteiger partial charge in [-0.3, -0.25) is 0 Å². The van der Waals surface area contributed by atoms with E-state index in [-0.39, 0.29) is 5.82 Å². The molecule has 0 aliphatic rings. The summed E-state index contributed by atoms with van der Waals surface area (Å²) in [6.07, 6.45) is 3.57. The van der Waals surface area contributed by atoms with Crippen molar-refractivity contribution in [1.29, 1.82) is 0 Å². The van der Waals surface area contributed by atoms with E-state index in [0.29, 0.717) is 5.52 Å². The minimum atomic E-state index is -0.280. The second-order valence-electron chi connectivity index (χ2n) is 3.17. The normalized spacial score (nSPS) is 11.2. The zero-order valence-electron chi connectivity index (χ0n) is 7.31. The van der Waals surface area contributed by atoms with Crippen LogP contribution in [-0.2, 0) is 0 Å². The molecule has 1 aromatic carbocycles. The zero-order valence-corrected chi connectivity index (χ0v) is 7.31. The summed E-state index contributed by atoms with van der Waals surface area (Å²) in [4.78, 5) is 4.09. The first-order valence-electron chi connectivity index (χ1n) is 4.36. The maximum atomic E-state index is 13.3. The molecule has 0 aliphatic heterocycles. The van der Waals surface area contributed by atoms with Gasteiger partial charge in [0.1, 0.15) is 5.52 Å². The number of benzene rings is 1. The molecule has 3 heteroatoms. The number of hydrogen-bond acceptors (Lipinski definition) is 1. The van der Waals surface area contributed by atoms with Gasteiger partial charge in [-0.25, -0.2) is 9.37 Å². The topological polar surface area (TPSA) is 17.3 Å². The van der Waals surface area contributed by atoms with E-state index in [1.165, 1.54) is 6.07 Å². The molecule has 0 spiro atoms. The molecule has 0 saturated carbocycles. The first kappa shape index (κ1) is 7.50. The van der Waals surface area contributed by atoms with E-state index in [1.807, 2.05) is 28.8 Å². The van der Waals surface area contributed by atoms with Gasteiger partial charge in [-0.05, 0) is 24.3 Å². The Morgan fingerprint density at radius 1 is 1.14 bits per heavy atom. The Bertz CT molecular complexity index is 613. The third-order valence-electron chi connectivity index (χ3n) is 2.33. The molecule has 0 bridgehead atoms. The van der Waals surface area contributed by atoms with E-state index in [9.17, 15) is 4.39 Å². The minimum absolute atomic E-state index is 0.280. The highest BCUT2D eigenvalue weighted by atomic mass is 19.1. The highest BCUT2D eigenvalue weighted by Crippen LogP contribution is 2.17. The molecule has 0 fully saturated rings. The molecule has 2 heterocycles. The predicted molar refractivity (Wildman–Crippen MR) is 52.7 cm³/mol. The first-order valence-corrected chi connectivity index (χ1v) is 4.36. The standard InChI is InChI=1S/C11H7FN2/c12-9-4-1-5-10-11(9)13-7-8-3-2-6-14(8)10/h1-7H. The number of hydrogen-bond donors (Lipinski definition) is 0. The van der Waals surface area contributed by atoms with Crippen LogP contribution in [0.5, 0.6) is 0 Å². The van der Waals surface area contributed by atoms with Crippen molar-refractivity contribution in [2.45, 2.75) is 0 Å². The van der Waals surface area contributed by atoms with Crippen molar-refractivity contribution in [3.63, 3.8) is 0 Å². The molecule has 0 amide bonds. The van der Waals surface area contributed by atoms with Crippen LogP contribution in [0.1, 0.15) is 0 Å². The third kappa shape index (κ3) is 0.865. The van der Waals surface area contributed by atoms with Crippen LogP contribution in [0, 0.1) is 5.82 Å². The summed E-state index contributed by atoms with van der Waals surface area (Å²) in [6, 6.07) is 8.83. The molecule has 2 nitrogen and oxygen atoms in total. The zero-order chi connectivity index (χ0) is 9.54. The van der Waals surface area contributed by atoms with Crippen molar-refractivity contribution < 1.29 is 4.39 Å². The lowest BCUT2D eigenvalue weighted by atomic mass is 10.3. The van der Waals surface area contributed by atoms with E-state index in [4.69, 9.17) is 0 Å². The van der Waals surface area contributed by atoms with E-state index in [2.05, 4.69) is 4.98 Å². The van der Waals surface area contributed by atoms with Gasteiger partial charge in [0.05, 0.1) is 17.2 Å². The second kappa shape index (κ2) is 2.54. The van der Waals surface area contributed by atoms with E-state index in [1.54, 1.807) is 12.3 Å². The van der Waals surface area contributed by atoms with Crippen LogP contribution in [-0.4, -0.2) is 9.38 Å². The van der Waals surface area contributed by atoms with Crippen molar-refractivity contribution in [1.82, 2.24) is 9.38 Å². The van der Waals surface area contributed by atoms with Crippen LogP contribution in [0.25, 0.3) is 16.6 Å². The second-order valence-corrected chi connectivity index (χ2v) is 3.17. The molecule has 3 rings (SSSR count). The van der Waals surface area contributed by atoms with Gasteiger partial charge in [0, 0.05) is 6.20 Å². The minimum Gasteiger partial charge on any atom is -0.313 e. The molecule has 0 unspecified atom stereocenters. The van der Waals surface area contributed by atoms with Crippen LogP contribution in [0.3, 0.4) is 0 Å². The Labute approximate surface area is 79.6 Å². The van der Waals surface area contributed by atoms with E-state index < -0.39 is 0 Å². The van der Waals surface area contributed by atoms with Gasteiger partial charge in [-0.2, -0.15) is 0 Å². The maximum Gasteiger partial charge on any atom is 0.150 e. The van der Waals surface area contributed by atoms with Crippen molar-refractivity contribution in [3.8, 4) is 0 Å². The predicted octanol–water partition coefficient (Wildman–Crippen LogP) is 2.63. The number of aromatic nitrogens is 2. The van der Waals surface area contributed by atoms with Crippen LogP contribution >= 0.6 is 0 Å². The first-order chi connectivity index (χ1) is 6.86. The van der Waals surface area contributed by atoms with E-state index in [0.717, 1.165) is 11.0 Å². The smallest absolute Gasteiger partial charge is 0.150 e. The quantitative estimate of drug-likeness (QED) is 0.527. The Kier molecular flexibility index (Phi) is 1.36. The molecule has 0 atom stereocenters. The molecular formula is C11H7FN2. The lowest BCUT2D eigenvalue weighted by molar-refractivity contribution is 0.636. The number of nitrogens with zero attached hydrogens (tertiary/aromatic N) is 2. The van der Waals surface area contributed by atoms with Crippen molar-refractivity contribution in [2.75, 3.05) is 0 Å². The number of rotatable bonds is 0. The summed E-state index contributed by atoms with van der Waals surface area (Å²) < 4.78 is 15.3. The van der Waals surface area contributed by atoms with Crippen LogP contribution < -0.4 is 0 Å². The van der Waals surface area contributed by atoms with Gasteiger partial charge in [-0.1, -0.05) is 6.07 Å². The van der Waals surface area contributed by atoms with Gasteiger partial charge in [0.25, 0.3) is 0 Å². The lowest BCUT2D eigenvalue weighted by Gasteiger charge is -2.01. The van der Waals surface area contributed by atoms with E-state index >= 15 is 0 Å². The molecule has 0 radical (unpaired) electrons. The Balaban J connectivity index is 2.64. The Morgan fingerprint density at radius 2 is 2.07 bits per heavy atom. The van der Waals surface area contributed by atoms with Crippen LogP contribution in [0.4, 0.5) is 4.39 Å². The molecule has 0 aliphatic carbocycles. The average molecular weight is 186 g/mol. The fraction of sp³-hybridized carbons (Fsp3) is 0. The van der Waals surface area contributed by atoms with Gasteiger partial charge in [0.15, 0.2) is 5.82 Å². The summed E-state index contributed by atoms with van der Waals surface area (Å²) in [7, 11) is 0. The monoisotopic (exact) mass is 186 g/mol. The maximum absolute atomic E-state index is 13.3. The number of para-hydroxylation sites is 1. The highest BCUT2D eigenvalue weighted by Gasteiger charge is 2.03. The van der Waals surface area contributed by atoms with Crippen molar-refractivity contribution in [3.05, 3.63) is 48.5 Å². The summed E-state index contributed by atoms with van der Waals surface area (Å²) >= 11 is 0.